The Kier molecular flexibility index (Phi) is 5.53. The summed E-state index contributed by atoms with van der Waals surface area (Å²) in [6, 6.07) is 7.85. The summed E-state index contributed by atoms with van der Waals surface area (Å²) >= 11 is 0. The molecular weight excluding hydrogens is 216 g/mol. The van der Waals surface area contributed by atoms with Crippen molar-refractivity contribution >= 4 is 5.97 Å². The van der Waals surface area contributed by atoms with Crippen LogP contribution < -0.4 is 4.74 Å². The van der Waals surface area contributed by atoms with Crippen molar-refractivity contribution in [3.05, 3.63) is 29.8 Å². The number of carbonyl (C=O) groups is 1. The Labute approximate surface area is 103 Å². The van der Waals surface area contributed by atoms with Gasteiger partial charge in [-0.05, 0) is 37.0 Å². The van der Waals surface area contributed by atoms with Crippen LogP contribution in [0.5, 0.6) is 5.75 Å². The summed E-state index contributed by atoms with van der Waals surface area (Å²) < 4.78 is 10.2. The first kappa shape index (κ1) is 13.6. The number of carbonyl (C=O) groups excluding carboxylic acids is 1. The van der Waals surface area contributed by atoms with Gasteiger partial charge in [0.05, 0.1) is 20.1 Å². The number of hydrogen-bond donors (Lipinski definition) is 0. The van der Waals surface area contributed by atoms with Crippen LogP contribution >= 0.6 is 0 Å². The SMILES string of the molecule is CCOC(=O)CC(CC)c1cccc(OC)c1. The van der Waals surface area contributed by atoms with Gasteiger partial charge < -0.3 is 9.47 Å². The maximum absolute atomic E-state index is 11.5. The van der Waals surface area contributed by atoms with Gasteiger partial charge in [-0.15, -0.1) is 0 Å². The van der Waals surface area contributed by atoms with E-state index >= 15 is 0 Å². The van der Waals surface area contributed by atoms with E-state index in [0.29, 0.717) is 13.0 Å². The van der Waals surface area contributed by atoms with Crippen LogP contribution in [-0.2, 0) is 9.53 Å². The van der Waals surface area contributed by atoms with E-state index in [-0.39, 0.29) is 11.9 Å². The van der Waals surface area contributed by atoms with E-state index < -0.39 is 0 Å². The summed E-state index contributed by atoms with van der Waals surface area (Å²) in [5, 5.41) is 0. The molecule has 1 aromatic rings. The van der Waals surface area contributed by atoms with Crippen molar-refractivity contribution in [3.63, 3.8) is 0 Å². The molecule has 1 aromatic carbocycles. The van der Waals surface area contributed by atoms with E-state index in [2.05, 4.69) is 6.92 Å². The van der Waals surface area contributed by atoms with Gasteiger partial charge in [-0.25, -0.2) is 0 Å². The zero-order valence-corrected chi connectivity index (χ0v) is 10.7. The number of rotatable bonds is 6. The number of methoxy groups -OCH3 is 1. The van der Waals surface area contributed by atoms with E-state index in [0.717, 1.165) is 17.7 Å². The van der Waals surface area contributed by atoms with Crippen LogP contribution in [0.15, 0.2) is 24.3 Å². The minimum atomic E-state index is -0.137. The third-order valence-electron chi connectivity index (χ3n) is 2.78. The number of hydrogen-bond acceptors (Lipinski definition) is 3. The molecule has 3 heteroatoms. The molecule has 0 aromatic heterocycles. The van der Waals surface area contributed by atoms with Crippen LogP contribution in [0.1, 0.15) is 38.2 Å². The van der Waals surface area contributed by atoms with E-state index in [1.807, 2.05) is 31.2 Å². The highest BCUT2D eigenvalue weighted by Gasteiger charge is 2.15. The molecule has 94 valence electrons. The minimum Gasteiger partial charge on any atom is -0.497 e. The van der Waals surface area contributed by atoms with Gasteiger partial charge >= 0.3 is 5.97 Å². The average Bonchev–Trinajstić information content (AvgIpc) is 2.36. The fourth-order valence-corrected chi connectivity index (χ4v) is 1.81. The first-order chi connectivity index (χ1) is 8.21. The van der Waals surface area contributed by atoms with E-state index in [1.165, 1.54) is 0 Å². The molecule has 0 amide bonds. The summed E-state index contributed by atoms with van der Waals surface area (Å²) in [5.74, 6) is 0.885. The molecule has 0 aliphatic rings. The van der Waals surface area contributed by atoms with Gasteiger partial charge in [0.2, 0.25) is 0 Å². The van der Waals surface area contributed by atoms with Gasteiger partial charge in [0, 0.05) is 0 Å². The molecule has 0 aliphatic heterocycles. The fraction of sp³-hybridized carbons (Fsp3) is 0.500. The summed E-state index contributed by atoms with van der Waals surface area (Å²) in [4.78, 5) is 11.5. The maximum Gasteiger partial charge on any atom is 0.306 e. The lowest BCUT2D eigenvalue weighted by atomic mass is 9.93. The molecule has 0 aliphatic carbocycles. The standard InChI is InChI=1S/C14H20O3/c1-4-11(10-14(15)17-5-2)12-7-6-8-13(9-12)16-3/h6-9,11H,4-5,10H2,1-3H3. The van der Waals surface area contributed by atoms with E-state index in [1.54, 1.807) is 7.11 Å². The second-order valence-electron chi connectivity index (χ2n) is 3.89. The Morgan fingerprint density at radius 2 is 2.12 bits per heavy atom. The zero-order chi connectivity index (χ0) is 12.7. The van der Waals surface area contributed by atoms with Crippen molar-refractivity contribution in [2.45, 2.75) is 32.6 Å². The molecule has 0 N–H and O–H groups in total. The molecule has 0 saturated heterocycles. The van der Waals surface area contributed by atoms with Crippen LogP contribution in [0.4, 0.5) is 0 Å². The topological polar surface area (TPSA) is 35.5 Å². The first-order valence-corrected chi connectivity index (χ1v) is 6.00. The Morgan fingerprint density at radius 1 is 1.35 bits per heavy atom. The predicted octanol–water partition coefficient (Wildman–Crippen LogP) is 3.14. The Morgan fingerprint density at radius 3 is 2.71 bits per heavy atom. The molecule has 1 rings (SSSR count). The normalized spacial score (nSPS) is 11.9. The Balaban J connectivity index is 2.74. The van der Waals surface area contributed by atoms with Crippen LogP contribution in [0.3, 0.4) is 0 Å². The second-order valence-corrected chi connectivity index (χ2v) is 3.89. The number of ether oxygens (including phenoxy) is 2. The third kappa shape index (κ3) is 4.10. The van der Waals surface area contributed by atoms with Crippen LogP contribution in [-0.4, -0.2) is 19.7 Å². The molecule has 1 atom stereocenters. The van der Waals surface area contributed by atoms with Gasteiger partial charge in [0.15, 0.2) is 0 Å². The average molecular weight is 236 g/mol. The number of benzene rings is 1. The smallest absolute Gasteiger partial charge is 0.306 e. The minimum absolute atomic E-state index is 0.137. The first-order valence-electron chi connectivity index (χ1n) is 6.00. The van der Waals surface area contributed by atoms with E-state index in [4.69, 9.17) is 9.47 Å². The second kappa shape index (κ2) is 6.94. The van der Waals surface area contributed by atoms with Crippen LogP contribution in [0.25, 0.3) is 0 Å². The van der Waals surface area contributed by atoms with Gasteiger partial charge in [-0.2, -0.15) is 0 Å². The summed E-state index contributed by atoms with van der Waals surface area (Å²) in [7, 11) is 1.64. The van der Waals surface area contributed by atoms with Crippen LogP contribution in [0, 0.1) is 0 Å². The molecule has 0 heterocycles. The monoisotopic (exact) mass is 236 g/mol. The quantitative estimate of drug-likeness (QED) is 0.712. The van der Waals surface area contributed by atoms with Crippen molar-refractivity contribution in [2.75, 3.05) is 13.7 Å². The fourth-order valence-electron chi connectivity index (χ4n) is 1.81. The van der Waals surface area contributed by atoms with Gasteiger partial charge in [-0.1, -0.05) is 19.1 Å². The summed E-state index contributed by atoms with van der Waals surface area (Å²) in [6.45, 7) is 4.33. The highest BCUT2D eigenvalue weighted by molar-refractivity contribution is 5.70. The summed E-state index contributed by atoms with van der Waals surface area (Å²) in [6.07, 6.45) is 1.34. The highest BCUT2D eigenvalue weighted by Crippen LogP contribution is 2.26. The number of esters is 1. The molecule has 0 saturated carbocycles. The summed E-state index contributed by atoms with van der Waals surface area (Å²) in [5.41, 5.74) is 1.12. The maximum atomic E-state index is 11.5. The predicted molar refractivity (Wildman–Crippen MR) is 67.3 cm³/mol. The molecule has 0 fully saturated rings. The van der Waals surface area contributed by atoms with Crippen molar-refractivity contribution in [2.24, 2.45) is 0 Å². The van der Waals surface area contributed by atoms with Gasteiger partial charge in [0.1, 0.15) is 5.75 Å². The largest absolute Gasteiger partial charge is 0.497 e. The van der Waals surface area contributed by atoms with Crippen LogP contribution in [0.2, 0.25) is 0 Å². The molecule has 0 bridgehead atoms. The lowest BCUT2D eigenvalue weighted by Crippen LogP contribution is -2.10. The van der Waals surface area contributed by atoms with E-state index in [9.17, 15) is 4.79 Å². The van der Waals surface area contributed by atoms with Gasteiger partial charge in [0.25, 0.3) is 0 Å². The van der Waals surface area contributed by atoms with Crippen molar-refractivity contribution in [1.29, 1.82) is 0 Å². The molecule has 3 nitrogen and oxygen atoms in total. The van der Waals surface area contributed by atoms with Crippen molar-refractivity contribution in [1.82, 2.24) is 0 Å². The molecular formula is C14H20O3. The Hall–Kier alpha value is -1.51. The van der Waals surface area contributed by atoms with Crippen molar-refractivity contribution < 1.29 is 14.3 Å². The van der Waals surface area contributed by atoms with Crippen molar-refractivity contribution in [3.8, 4) is 5.75 Å². The molecule has 0 radical (unpaired) electrons. The molecule has 1 unspecified atom stereocenters. The lowest BCUT2D eigenvalue weighted by Gasteiger charge is -2.15. The zero-order valence-electron chi connectivity index (χ0n) is 10.7. The lowest BCUT2D eigenvalue weighted by molar-refractivity contribution is -0.143. The molecule has 17 heavy (non-hydrogen) atoms. The van der Waals surface area contributed by atoms with Gasteiger partial charge in [-0.3, -0.25) is 4.79 Å². The highest BCUT2D eigenvalue weighted by atomic mass is 16.5. The third-order valence-corrected chi connectivity index (χ3v) is 2.78. The Bertz CT molecular complexity index is 360. The molecule has 0 spiro atoms.